The highest BCUT2D eigenvalue weighted by Crippen LogP contribution is 2.20. The second-order valence-corrected chi connectivity index (χ2v) is 4.22. The zero-order chi connectivity index (χ0) is 10.9. The maximum absolute atomic E-state index is 11.7. The van der Waals surface area contributed by atoms with E-state index in [4.69, 9.17) is 10.8 Å². The average Bonchev–Trinajstić information content (AvgIpc) is 2.48. The summed E-state index contributed by atoms with van der Waals surface area (Å²) in [5.74, 6) is -1.23. The molecule has 1 aliphatic heterocycles. The summed E-state index contributed by atoms with van der Waals surface area (Å²) in [7, 11) is 0. The first-order chi connectivity index (χ1) is 6.34. The third kappa shape index (κ3) is 2.04. The van der Waals surface area contributed by atoms with Crippen molar-refractivity contribution in [3.63, 3.8) is 0 Å². The SMILES string of the molecule is CC(C)(N)C(=O)N1CCC[C@@H]1C(=O)O. The molecule has 0 radical (unpaired) electrons. The van der Waals surface area contributed by atoms with Crippen LogP contribution in [0.4, 0.5) is 0 Å². The summed E-state index contributed by atoms with van der Waals surface area (Å²) in [6, 6.07) is -0.690. The quantitative estimate of drug-likeness (QED) is 0.646. The molecule has 1 amide bonds. The zero-order valence-corrected chi connectivity index (χ0v) is 8.49. The Morgan fingerprint density at radius 1 is 1.50 bits per heavy atom. The molecule has 5 heteroatoms. The van der Waals surface area contributed by atoms with Crippen LogP contribution in [0.2, 0.25) is 0 Å². The van der Waals surface area contributed by atoms with Crippen molar-refractivity contribution in [1.82, 2.24) is 4.90 Å². The second-order valence-electron chi connectivity index (χ2n) is 4.22. The molecule has 0 aromatic rings. The van der Waals surface area contributed by atoms with Gasteiger partial charge in [-0.3, -0.25) is 4.79 Å². The Kier molecular flexibility index (Phi) is 2.80. The van der Waals surface area contributed by atoms with E-state index in [1.807, 2.05) is 0 Å². The van der Waals surface area contributed by atoms with Crippen molar-refractivity contribution in [2.75, 3.05) is 6.54 Å². The van der Waals surface area contributed by atoms with Gasteiger partial charge in [0.2, 0.25) is 5.91 Å². The van der Waals surface area contributed by atoms with Gasteiger partial charge in [-0.05, 0) is 26.7 Å². The molecule has 0 aromatic heterocycles. The number of hydrogen-bond donors (Lipinski definition) is 2. The molecule has 0 aromatic carbocycles. The molecule has 1 saturated heterocycles. The lowest BCUT2D eigenvalue weighted by molar-refractivity contribution is -0.149. The predicted molar refractivity (Wildman–Crippen MR) is 50.6 cm³/mol. The van der Waals surface area contributed by atoms with Crippen LogP contribution in [0.1, 0.15) is 26.7 Å². The molecule has 5 nitrogen and oxygen atoms in total. The maximum Gasteiger partial charge on any atom is 0.326 e. The van der Waals surface area contributed by atoms with Crippen molar-refractivity contribution >= 4 is 11.9 Å². The van der Waals surface area contributed by atoms with Crippen LogP contribution in [0.25, 0.3) is 0 Å². The van der Waals surface area contributed by atoms with Crippen LogP contribution in [0.5, 0.6) is 0 Å². The molecular weight excluding hydrogens is 184 g/mol. The molecule has 0 saturated carbocycles. The van der Waals surface area contributed by atoms with Gasteiger partial charge in [-0.25, -0.2) is 4.79 Å². The van der Waals surface area contributed by atoms with Crippen molar-refractivity contribution in [1.29, 1.82) is 0 Å². The molecular formula is C9H16N2O3. The highest BCUT2D eigenvalue weighted by molar-refractivity contribution is 5.89. The molecule has 14 heavy (non-hydrogen) atoms. The summed E-state index contributed by atoms with van der Waals surface area (Å²) in [5.41, 5.74) is 4.65. The largest absolute Gasteiger partial charge is 0.480 e. The Bertz CT molecular complexity index is 257. The second kappa shape index (κ2) is 3.57. The molecule has 0 aliphatic carbocycles. The van der Waals surface area contributed by atoms with Gasteiger partial charge >= 0.3 is 5.97 Å². The number of rotatable bonds is 2. The summed E-state index contributed by atoms with van der Waals surface area (Å²) in [6.45, 7) is 3.68. The van der Waals surface area contributed by atoms with Crippen LogP contribution in [0.3, 0.4) is 0 Å². The van der Waals surface area contributed by atoms with Crippen LogP contribution >= 0.6 is 0 Å². The van der Waals surface area contributed by atoms with Gasteiger partial charge in [0.1, 0.15) is 6.04 Å². The lowest BCUT2D eigenvalue weighted by atomic mass is 10.0. The maximum atomic E-state index is 11.7. The van der Waals surface area contributed by atoms with Crippen LogP contribution in [0.15, 0.2) is 0 Å². The number of carbonyl (C=O) groups is 2. The molecule has 1 heterocycles. The molecule has 1 rings (SSSR count). The van der Waals surface area contributed by atoms with Gasteiger partial charge in [0.05, 0.1) is 5.54 Å². The van der Waals surface area contributed by atoms with E-state index >= 15 is 0 Å². The van der Waals surface area contributed by atoms with Gasteiger partial charge in [-0.15, -0.1) is 0 Å². The standard InChI is InChI=1S/C9H16N2O3/c1-9(2,10)8(14)11-5-3-4-6(11)7(12)13/h6H,3-5,10H2,1-2H3,(H,12,13)/t6-/m1/s1. The van der Waals surface area contributed by atoms with Crippen LogP contribution in [-0.2, 0) is 9.59 Å². The number of likely N-dealkylation sites (tertiary alicyclic amines) is 1. The van der Waals surface area contributed by atoms with E-state index in [1.54, 1.807) is 13.8 Å². The van der Waals surface area contributed by atoms with E-state index in [1.165, 1.54) is 4.90 Å². The van der Waals surface area contributed by atoms with Crippen molar-refractivity contribution in [2.45, 2.75) is 38.3 Å². The van der Waals surface area contributed by atoms with Gasteiger partial charge in [-0.2, -0.15) is 0 Å². The van der Waals surface area contributed by atoms with Crippen LogP contribution in [-0.4, -0.2) is 40.0 Å². The molecule has 3 N–H and O–H groups in total. The van der Waals surface area contributed by atoms with E-state index in [-0.39, 0.29) is 5.91 Å². The third-order valence-electron chi connectivity index (χ3n) is 2.35. The van der Waals surface area contributed by atoms with E-state index in [0.29, 0.717) is 13.0 Å². The molecule has 0 spiro atoms. The number of amides is 1. The third-order valence-corrected chi connectivity index (χ3v) is 2.35. The summed E-state index contributed by atoms with van der Waals surface area (Å²) in [6.07, 6.45) is 1.26. The highest BCUT2D eigenvalue weighted by Gasteiger charge is 2.38. The van der Waals surface area contributed by atoms with E-state index in [0.717, 1.165) is 6.42 Å². The van der Waals surface area contributed by atoms with Crippen molar-refractivity contribution in [3.05, 3.63) is 0 Å². The predicted octanol–water partition coefficient (Wildman–Crippen LogP) is -0.201. The zero-order valence-electron chi connectivity index (χ0n) is 8.49. The summed E-state index contributed by atoms with van der Waals surface area (Å²) in [5, 5.41) is 8.86. The van der Waals surface area contributed by atoms with Crippen LogP contribution < -0.4 is 5.73 Å². The molecule has 1 fully saturated rings. The number of carboxylic acids is 1. The Morgan fingerprint density at radius 3 is 2.50 bits per heavy atom. The van der Waals surface area contributed by atoms with E-state index in [2.05, 4.69) is 0 Å². The Morgan fingerprint density at radius 2 is 2.07 bits per heavy atom. The molecule has 1 aliphatic rings. The first kappa shape index (κ1) is 11.0. The fraction of sp³-hybridized carbons (Fsp3) is 0.778. The van der Waals surface area contributed by atoms with Gasteiger partial charge < -0.3 is 15.7 Å². The topological polar surface area (TPSA) is 83.6 Å². The van der Waals surface area contributed by atoms with Gasteiger partial charge in [-0.1, -0.05) is 0 Å². The van der Waals surface area contributed by atoms with E-state index < -0.39 is 17.6 Å². The Hall–Kier alpha value is -1.10. The first-order valence-electron chi connectivity index (χ1n) is 4.67. The number of carbonyl (C=O) groups excluding carboxylic acids is 1. The lowest BCUT2D eigenvalue weighted by Gasteiger charge is -2.28. The fourth-order valence-electron chi connectivity index (χ4n) is 1.64. The van der Waals surface area contributed by atoms with E-state index in [9.17, 15) is 9.59 Å². The lowest BCUT2D eigenvalue weighted by Crippen LogP contribution is -2.54. The van der Waals surface area contributed by atoms with Crippen molar-refractivity contribution < 1.29 is 14.7 Å². The Labute approximate surface area is 82.9 Å². The molecule has 1 atom stereocenters. The summed E-state index contributed by atoms with van der Waals surface area (Å²) < 4.78 is 0. The van der Waals surface area contributed by atoms with Crippen molar-refractivity contribution in [2.24, 2.45) is 5.73 Å². The molecule has 80 valence electrons. The monoisotopic (exact) mass is 200 g/mol. The summed E-state index contributed by atoms with van der Waals surface area (Å²) in [4.78, 5) is 23.9. The number of carboxylic acid groups (broad SMARTS) is 1. The van der Waals surface area contributed by atoms with Gasteiger partial charge in [0, 0.05) is 6.54 Å². The smallest absolute Gasteiger partial charge is 0.326 e. The van der Waals surface area contributed by atoms with Gasteiger partial charge in [0.25, 0.3) is 0 Å². The minimum absolute atomic E-state index is 0.289. The average molecular weight is 200 g/mol. The number of aliphatic carboxylic acids is 1. The summed E-state index contributed by atoms with van der Waals surface area (Å²) >= 11 is 0. The molecule has 0 bridgehead atoms. The Balaban J connectivity index is 2.77. The normalized spacial score (nSPS) is 22.5. The molecule has 0 unspecified atom stereocenters. The minimum atomic E-state index is -0.988. The minimum Gasteiger partial charge on any atom is -0.480 e. The first-order valence-corrected chi connectivity index (χ1v) is 4.67. The van der Waals surface area contributed by atoms with Crippen LogP contribution in [0, 0.1) is 0 Å². The fourth-order valence-corrected chi connectivity index (χ4v) is 1.64. The van der Waals surface area contributed by atoms with Gasteiger partial charge in [0.15, 0.2) is 0 Å². The number of nitrogens with zero attached hydrogens (tertiary/aromatic N) is 1. The van der Waals surface area contributed by atoms with Crippen molar-refractivity contribution in [3.8, 4) is 0 Å². The highest BCUT2D eigenvalue weighted by atomic mass is 16.4. The number of hydrogen-bond acceptors (Lipinski definition) is 3. The number of nitrogens with two attached hydrogens (primary N) is 1.